The zero-order chi connectivity index (χ0) is 14.9. The highest BCUT2D eigenvalue weighted by Crippen LogP contribution is 2.29. The van der Waals surface area contributed by atoms with Crippen molar-refractivity contribution in [2.24, 2.45) is 0 Å². The first-order valence-electron chi connectivity index (χ1n) is 5.08. The fraction of sp³-hybridized carbons (Fsp3) is 0. The van der Waals surface area contributed by atoms with Gasteiger partial charge in [0.1, 0.15) is 10.0 Å². The summed E-state index contributed by atoms with van der Waals surface area (Å²) in [6, 6.07) is 5.99. The molecule has 1 N–H and O–H groups in total. The van der Waals surface area contributed by atoms with E-state index in [0.29, 0.717) is 0 Å². The van der Waals surface area contributed by atoms with Crippen LogP contribution in [0.3, 0.4) is 0 Å². The van der Waals surface area contributed by atoms with Crippen LogP contribution < -0.4 is 4.72 Å². The lowest BCUT2D eigenvalue weighted by atomic mass is 10.3. The summed E-state index contributed by atoms with van der Waals surface area (Å²) in [4.78, 5) is 3.59. The van der Waals surface area contributed by atoms with E-state index in [1.807, 2.05) is 0 Å². The predicted octanol–water partition coefficient (Wildman–Crippen LogP) is 4.61. The standard InChI is InChI=1S/C11H6BrCl3N2O2S/c12-6-1-2-10(8(13)3-6)17-20(18,19)7-4-9(14)11(15)16-5-7/h1-5,17H. The lowest BCUT2D eigenvalue weighted by Crippen LogP contribution is -2.13. The van der Waals surface area contributed by atoms with Crippen molar-refractivity contribution in [3.8, 4) is 0 Å². The molecule has 0 fully saturated rings. The summed E-state index contributed by atoms with van der Waals surface area (Å²) < 4.78 is 27.5. The second-order valence-corrected chi connectivity index (χ2v) is 7.44. The van der Waals surface area contributed by atoms with Gasteiger partial charge in [-0.1, -0.05) is 50.7 Å². The topological polar surface area (TPSA) is 59.1 Å². The zero-order valence-corrected chi connectivity index (χ0v) is 14.2. The first-order valence-corrected chi connectivity index (χ1v) is 8.49. The maximum Gasteiger partial charge on any atom is 0.263 e. The number of anilines is 1. The molecule has 0 radical (unpaired) electrons. The molecular formula is C11H6BrCl3N2O2S. The average Bonchev–Trinajstić information content (AvgIpc) is 2.36. The van der Waals surface area contributed by atoms with Crippen molar-refractivity contribution in [2.45, 2.75) is 4.90 Å². The number of hydrogen-bond acceptors (Lipinski definition) is 3. The van der Waals surface area contributed by atoms with Crippen molar-refractivity contribution < 1.29 is 8.42 Å². The quantitative estimate of drug-likeness (QED) is 0.744. The Bertz CT molecular complexity index is 768. The fourth-order valence-corrected chi connectivity index (χ4v) is 3.49. The molecule has 20 heavy (non-hydrogen) atoms. The smallest absolute Gasteiger partial charge is 0.263 e. The summed E-state index contributed by atoms with van der Waals surface area (Å²) in [6.45, 7) is 0. The Morgan fingerprint density at radius 2 is 1.80 bits per heavy atom. The number of benzene rings is 1. The van der Waals surface area contributed by atoms with E-state index in [1.165, 1.54) is 12.1 Å². The molecule has 1 aromatic heterocycles. The van der Waals surface area contributed by atoms with Crippen LogP contribution in [0.25, 0.3) is 0 Å². The van der Waals surface area contributed by atoms with Gasteiger partial charge in [-0.25, -0.2) is 13.4 Å². The van der Waals surface area contributed by atoms with Crippen molar-refractivity contribution in [2.75, 3.05) is 4.72 Å². The second-order valence-electron chi connectivity index (χ2n) is 3.67. The van der Waals surface area contributed by atoms with E-state index in [1.54, 1.807) is 12.1 Å². The van der Waals surface area contributed by atoms with E-state index in [-0.39, 0.29) is 25.8 Å². The molecule has 0 aliphatic rings. The number of nitrogens with one attached hydrogen (secondary N) is 1. The highest BCUT2D eigenvalue weighted by molar-refractivity contribution is 9.10. The van der Waals surface area contributed by atoms with Crippen LogP contribution in [0.5, 0.6) is 0 Å². The zero-order valence-electron chi connectivity index (χ0n) is 9.57. The third-order valence-electron chi connectivity index (χ3n) is 2.26. The molecule has 4 nitrogen and oxygen atoms in total. The summed E-state index contributed by atoms with van der Waals surface area (Å²) in [6.07, 6.45) is 1.11. The third-order valence-corrected chi connectivity index (χ3v) is 5.08. The van der Waals surface area contributed by atoms with E-state index in [9.17, 15) is 8.42 Å². The molecule has 0 saturated carbocycles. The summed E-state index contributed by atoms with van der Waals surface area (Å²) in [7, 11) is -3.84. The lowest BCUT2D eigenvalue weighted by Gasteiger charge is -2.10. The van der Waals surface area contributed by atoms with E-state index in [0.717, 1.165) is 10.7 Å². The summed E-state index contributed by atoms with van der Waals surface area (Å²) in [5.74, 6) is 0. The van der Waals surface area contributed by atoms with Gasteiger partial charge in [-0.15, -0.1) is 0 Å². The minimum atomic E-state index is -3.84. The Hall–Kier alpha value is -0.530. The van der Waals surface area contributed by atoms with Gasteiger partial charge in [0.25, 0.3) is 10.0 Å². The number of aromatic nitrogens is 1. The first kappa shape index (κ1) is 15.9. The van der Waals surface area contributed by atoms with E-state index >= 15 is 0 Å². The molecule has 0 amide bonds. The number of rotatable bonds is 3. The third kappa shape index (κ3) is 3.56. The van der Waals surface area contributed by atoms with Gasteiger partial charge >= 0.3 is 0 Å². The first-order chi connectivity index (χ1) is 9.29. The van der Waals surface area contributed by atoms with Gasteiger partial charge < -0.3 is 0 Å². The summed E-state index contributed by atoms with van der Waals surface area (Å²) in [5, 5.41) is 0.347. The van der Waals surface area contributed by atoms with Gasteiger partial charge in [-0.3, -0.25) is 4.72 Å². The highest BCUT2D eigenvalue weighted by Gasteiger charge is 2.17. The Kier molecular flexibility index (Phi) is 4.81. The monoisotopic (exact) mass is 414 g/mol. The minimum absolute atomic E-state index is 0.0345. The normalized spacial score (nSPS) is 11.4. The highest BCUT2D eigenvalue weighted by atomic mass is 79.9. The predicted molar refractivity (Wildman–Crippen MR) is 84.2 cm³/mol. The van der Waals surface area contributed by atoms with Crippen LogP contribution in [0.2, 0.25) is 15.2 Å². The summed E-state index contributed by atoms with van der Waals surface area (Å²) in [5.41, 5.74) is 0.251. The Balaban J connectivity index is 2.38. The second kappa shape index (κ2) is 6.07. The average molecular weight is 417 g/mol. The van der Waals surface area contributed by atoms with Gasteiger partial charge in [-0.05, 0) is 24.3 Å². The van der Waals surface area contributed by atoms with Crippen LogP contribution in [0.4, 0.5) is 5.69 Å². The fourth-order valence-electron chi connectivity index (χ4n) is 1.33. The number of nitrogens with zero attached hydrogens (tertiary/aromatic N) is 1. The van der Waals surface area contributed by atoms with Crippen molar-refractivity contribution in [1.82, 2.24) is 4.98 Å². The van der Waals surface area contributed by atoms with Crippen molar-refractivity contribution in [3.63, 3.8) is 0 Å². The molecular weight excluding hydrogens is 410 g/mol. The molecule has 0 unspecified atom stereocenters. The molecule has 0 aliphatic heterocycles. The van der Waals surface area contributed by atoms with Gasteiger partial charge in [0.15, 0.2) is 0 Å². The van der Waals surface area contributed by atoms with Gasteiger partial charge in [0.05, 0.1) is 15.7 Å². The van der Waals surface area contributed by atoms with Gasteiger partial charge in [-0.2, -0.15) is 0 Å². The Morgan fingerprint density at radius 3 is 2.40 bits per heavy atom. The molecule has 2 rings (SSSR count). The van der Waals surface area contributed by atoms with Gasteiger partial charge in [0, 0.05) is 10.7 Å². The molecule has 0 aliphatic carbocycles. The number of pyridine rings is 1. The van der Waals surface area contributed by atoms with Crippen LogP contribution in [0.15, 0.2) is 39.8 Å². The van der Waals surface area contributed by atoms with Crippen molar-refractivity contribution in [1.29, 1.82) is 0 Å². The minimum Gasteiger partial charge on any atom is -0.278 e. The van der Waals surface area contributed by atoms with Crippen molar-refractivity contribution in [3.05, 3.63) is 50.1 Å². The Labute approximate surface area is 139 Å². The van der Waals surface area contributed by atoms with E-state index in [4.69, 9.17) is 34.8 Å². The van der Waals surface area contributed by atoms with Crippen molar-refractivity contribution >= 4 is 66.4 Å². The van der Waals surface area contributed by atoms with Crippen LogP contribution >= 0.6 is 50.7 Å². The molecule has 0 bridgehead atoms. The maximum absolute atomic E-state index is 12.2. The van der Waals surface area contributed by atoms with Crippen LogP contribution in [0, 0.1) is 0 Å². The lowest BCUT2D eigenvalue weighted by molar-refractivity contribution is 0.601. The molecule has 0 spiro atoms. The molecule has 0 saturated heterocycles. The molecule has 9 heteroatoms. The van der Waals surface area contributed by atoms with Gasteiger partial charge in [0.2, 0.25) is 0 Å². The van der Waals surface area contributed by atoms with E-state index < -0.39 is 10.0 Å². The Morgan fingerprint density at radius 1 is 1.10 bits per heavy atom. The molecule has 0 atom stereocenters. The van der Waals surface area contributed by atoms with Crippen LogP contribution in [0.1, 0.15) is 0 Å². The summed E-state index contributed by atoms with van der Waals surface area (Å²) >= 11 is 20.6. The SMILES string of the molecule is O=S(=O)(Nc1ccc(Br)cc1Cl)c1cnc(Cl)c(Cl)c1. The number of sulfonamides is 1. The van der Waals surface area contributed by atoms with Crippen LogP contribution in [-0.4, -0.2) is 13.4 Å². The molecule has 106 valence electrons. The molecule has 2 aromatic rings. The van der Waals surface area contributed by atoms with E-state index in [2.05, 4.69) is 25.6 Å². The largest absolute Gasteiger partial charge is 0.278 e. The molecule has 1 heterocycles. The number of halogens is 4. The number of hydrogen-bond donors (Lipinski definition) is 1. The molecule has 1 aromatic carbocycles. The van der Waals surface area contributed by atoms with Crippen LogP contribution in [-0.2, 0) is 10.0 Å². The maximum atomic E-state index is 12.2.